The highest BCUT2D eigenvalue weighted by Gasteiger charge is 2.42. The molecule has 0 aliphatic carbocycles. The molecule has 0 aromatic heterocycles. The van der Waals surface area contributed by atoms with Gasteiger partial charge in [0.05, 0.1) is 16.9 Å². The molecule has 2 heterocycles. The van der Waals surface area contributed by atoms with Crippen LogP contribution in [0.1, 0.15) is 30.1 Å². The van der Waals surface area contributed by atoms with Gasteiger partial charge >= 0.3 is 6.18 Å². The lowest BCUT2D eigenvalue weighted by molar-refractivity contribution is -0.184. The first-order chi connectivity index (χ1) is 11.3. The first-order valence-corrected chi connectivity index (χ1v) is 8.61. The predicted octanol–water partition coefficient (Wildman–Crippen LogP) is 3.53. The zero-order valence-electron chi connectivity index (χ0n) is 13.0. The minimum Gasteiger partial charge on any atom is -0.338 e. The second-order valence-corrected chi connectivity index (χ2v) is 7.47. The van der Waals surface area contributed by atoms with Gasteiger partial charge in [-0.1, -0.05) is 0 Å². The molecule has 0 saturated carbocycles. The van der Waals surface area contributed by atoms with E-state index in [1.165, 1.54) is 16.7 Å². The Hall–Kier alpha value is -1.70. The van der Waals surface area contributed by atoms with E-state index in [4.69, 9.17) is 0 Å². The molecule has 2 amide bonds. The van der Waals surface area contributed by atoms with Gasteiger partial charge in [0, 0.05) is 23.5 Å². The Morgan fingerprint density at radius 1 is 1.38 bits per heavy atom. The number of alkyl halides is 3. The van der Waals surface area contributed by atoms with Gasteiger partial charge in [-0.3, -0.25) is 9.59 Å². The molecule has 3 rings (SSSR count). The molecular formula is C16H17F3N2O2S. The molecule has 1 fully saturated rings. The molecule has 4 nitrogen and oxygen atoms in total. The fourth-order valence-electron chi connectivity index (χ4n) is 2.95. The van der Waals surface area contributed by atoms with Crippen LogP contribution in [0.5, 0.6) is 0 Å². The molecule has 24 heavy (non-hydrogen) atoms. The maximum absolute atomic E-state index is 12.9. The number of amides is 2. The first kappa shape index (κ1) is 17.1. The van der Waals surface area contributed by atoms with Crippen molar-refractivity contribution >= 4 is 29.3 Å². The summed E-state index contributed by atoms with van der Waals surface area (Å²) in [6.07, 6.45) is -3.89. The zero-order valence-corrected chi connectivity index (χ0v) is 13.8. The van der Waals surface area contributed by atoms with E-state index in [1.54, 1.807) is 25.1 Å². The minimum atomic E-state index is -4.28. The van der Waals surface area contributed by atoms with E-state index in [0.717, 1.165) is 4.90 Å². The van der Waals surface area contributed by atoms with E-state index in [2.05, 4.69) is 5.32 Å². The van der Waals surface area contributed by atoms with E-state index in [0.29, 0.717) is 24.2 Å². The highest BCUT2D eigenvalue weighted by molar-refractivity contribution is 8.00. The number of thioether (sulfide) groups is 1. The Labute approximate surface area is 141 Å². The smallest absolute Gasteiger partial charge is 0.338 e. The summed E-state index contributed by atoms with van der Waals surface area (Å²) in [4.78, 5) is 26.4. The summed E-state index contributed by atoms with van der Waals surface area (Å²) in [5, 5.41) is 2.52. The number of hydrogen-bond donors (Lipinski definition) is 1. The van der Waals surface area contributed by atoms with Crippen molar-refractivity contribution in [3.05, 3.63) is 23.8 Å². The van der Waals surface area contributed by atoms with Gasteiger partial charge < -0.3 is 10.2 Å². The number of anilines is 1. The summed E-state index contributed by atoms with van der Waals surface area (Å²) in [7, 11) is 0. The van der Waals surface area contributed by atoms with Crippen LogP contribution in [0.15, 0.2) is 23.1 Å². The van der Waals surface area contributed by atoms with Gasteiger partial charge in [-0.15, -0.1) is 11.8 Å². The molecule has 2 atom stereocenters. The van der Waals surface area contributed by atoms with Crippen LogP contribution in [0, 0.1) is 5.92 Å². The molecule has 1 N–H and O–H groups in total. The summed E-state index contributed by atoms with van der Waals surface area (Å²) in [5.41, 5.74) is 0.838. The van der Waals surface area contributed by atoms with E-state index in [1.807, 2.05) is 0 Å². The Morgan fingerprint density at radius 3 is 2.83 bits per heavy atom. The van der Waals surface area contributed by atoms with Crippen molar-refractivity contribution in [3.63, 3.8) is 0 Å². The van der Waals surface area contributed by atoms with Gasteiger partial charge in [-0.2, -0.15) is 13.2 Å². The lowest BCUT2D eigenvalue weighted by Gasteiger charge is -2.34. The summed E-state index contributed by atoms with van der Waals surface area (Å²) in [6.45, 7) is 1.80. The third-order valence-electron chi connectivity index (χ3n) is 4.33. The number of carbonyl (C=O) groups excluding carboxylic acids is 2. The maximum atomic E-state index is 12.9. The molecule has 0 unspecified atom stereocenters. The van der Waals surface area contributed by atoms with Gasteiger partial charge in [-0.25, -0.2) is 0 Å². The van der Waals surface area contributed by atoms with E-state index >= 15 is 0 Å². The molecule has 2 aliphatic rings. The van der Waals surface area contributed by atoms with Crippen LogP contribution in [0.2, 0.25) is 0 Å². The number of benzene rings is 1. The molecule has 0 radical (unpaired) electrons. The number of carbonyl (C=O) groups is 2. The van der Waals surface area contributed by atoms with Gasteiger partial charge in [0.2, 0.25) is 5.91 Å². The van der Waals surface area contributed by atoms with Gasteiger partial charge in [0.25, 0.3) is 5.91 Å². The molecule has 2 aliphatic heterocycles. The number of hydrogen-bond acceptors (Lipinski definition) is 3. The van der Waals surface area contributed by atoms with Crippen molar-refractivity contribution in [2.75, 3.05) is 18.4 Å². The van der Waals surface area contributed by atoms with Crippen LogP contribution >= 0.6 is 11.8 Å². The molecule has 8 heteroatoms. The second-order valence-electron chi connectivity index (χ2n) is 6.09. The van der Waals surface area contributed by atoms with Crippen molar-refractivity contribution in [1.82, 2.24) is 4.90 Å². The lowest BCUT2D eigenvalue weighted by atomic mass is 9.97. The van der Waals surface area contributed by atoms with Crippen molar-refractivity contribution in [2.24, 2.45) is 5.92 Å². The van der Waals surface area contributed by atoms with E-state index < -0.39 is 18.0 Å². The lowest BCUT2D eigenvalue weighted by Crippen LogP contribution is -2.44. The SMILES string of the molecule is C[C@@H]1Sc2ccc(C(=O)N3CCC[C@H](C(F)(F)F)C3)cc2NC1=O. The van der Waals surface area contributed by atoms with E-state index in [-0.39, 0.29) is 24.1 Å². The Morgan fingerprint density at radius 2 is 2.12 bits per heavy atom. The molecule has 130 valence electrons. The first-order valence-electron chi connectivity index (χ1n) is 7.73. The molecule has 0 spiro atoms. The highest BCUT2D eigenvalue weighted by atomic mass is 32.2. The molecule has 1 saturated heterocycles. The number of fused-ring (bicyclic) bond motifs is 1. The van der Waals surface area contributed by atoms with Crippen molar-refractivity contribution in [1.29, 1.82) is 0 Å². The second kappa shape index (κ2) is 6.31. The average molecular weight is 358 g/mol. The molecular weight excluding hydrogens is 341 g/mol. The van der Waals surface area contributed by atoms with Crippen molar-refractivity contribution in [2.45, 2.75) is 36.1 Å². The van der Waals surface area contributed by atoms with Gasteiger partial charge in [-0.05, 0) is 38.0 Å². The number of rotatable bonds is 1. The van der Waals surface area contributed by atoms with Crippen LogP contribution in [0.25, 0.3) is 0 Å². The summed E-state index contributed by atoms with van der Waals surface area (Å²) in [5.74, 6) is -2.04. The molecule has 1 aromatic rings. The van der Waals surface area contributed by atoms with Crippen LogP contribution < -0.4 is 5.32 Å². The van der Waals surface area contributed by atoms with Crippen LogP contribution in [-0.2, 0) is 4.79 Å². The van der Waals surface area contributed by atoms with Crippen LogP contribution in [0.4, 0.5) is 18.9 Å². The minimum absolute atomic E-state index is 0.0576. The summed E-state index contributed by atoms with van der Waals surface area (Å²) in [6, 6.07) is 4.88. The van der Waals surface area contributed by atoms with Gasteiger partial charge in [0.1, 0.15) is 0 Å². The Balaban J connectivity index is 1.78. The number of halogens is 3. The fourth-order valence-corrected chi connectivity index (χ4v) is 3.88. The van der Waals surface area contributed by atoms with Crippen LogP contribution in [-0.4, -0.2) is 41.2 Å². The third-order valence-corrected chi connectivity index (χ3v) is 5.51. The Kier molecular flexibility index (Phi) is 4.50. The number of likely N-dealkylation sites (tertiary alicyclic amines) is 1. The monoisotopic (exact) mass is 358 g/mol. The standard InChI is InChI=1S/C16H17F3N2O2S/c1-9-14(22)20-12-7-10(4-5-13(12)24-9)15(23)21-6-2-3-11(8-21)16(17,18)19/h4-5,7,9,11H,2-3,6,8H2,1H3,(H,20,22)/t9-,11-/m0/s1. The van der Waals surface area contributed by atoms with Crippen molar-refractivity contribution < 1.29 is 22.8 Å². The Bertz CT molecular complexity index is 678. The highest BCUT2D eigenvalue weighted by Crippen LogP contribution is 2.37. The van der Waals surface area contributed by atoms with Crippen LogP contribution in [0.3, 0.4) is 0 Å². The average Bonchev–Trinajstić information content (AvgIpc) is 2.54. The predicted molar refractivity (Wildman–Crippen MR) is 85.1 cm³/mol. The maximum Gasteiger partial charge on any atom is 0.393 e. The number of nitrogens with one attached hydrogen (secondary N) is 1. The quantitative estimate of drug-likeness (QED) is 0.835. The third kappa shape index (κ3) is 3.38. The largest absolute Gasteiger partial charge is 0.393 e. The topological polar surface area (TPSA) is 49.4 Å². The van der Waals surface area contributed by atoms with E-state index in [9.17, 15) is 22.8 Å². The zero-order chi connectivity index (χ0) is 17.5. The normalized spacial score (nSPS) is 24.3. The number of nitrogens with zero attached hydrogens (tertiary/aromatic N) is 1. The summed E-state index contributed by atoms with van der Waals surface area (Å²) < 4.78 is 38.7. The molecule has 0 bridgehead atoms. The molecule has 1 aromatic carbocycles. The number of piperidine rings is 1. The summed E-state index contributed by atoms with van der Waals surface area (Å²) >= 11 is 1.39. The fraction of sp³-hybridized carbons (Fsp3) is 0.500. The van der Waals surface area contributed by atoms with Gasteiger partial charge in [0.15, 0.2) is 0 Å². The van der Waals surface area contributed by atoms with Crippen molar-refractivity contribution in [3.8, 4) is 0 Å².